The molecule has 0 radical (unpaired) electrons. The molecule has 6 heteroatoms. The van der Waals surface area contributed by atoms with Gasteiger partial charge in [-0.05, 0) is 18.2 Å². The summed E-state index contributed by atoms with van der Waals surface area (Å²) in [7, 11) is 1.70. The van der Waals surface area contributed by atoms with Gasteiger partial charge in [-0.2, -0.15) is 0 Å². The van der Waals surface area contributed by atoms with Crippen molar-refractivity contribution in [3.8, 4) is 0 Å². The lowest BCUT2D eigenvalue weighted by Crippen LogP contribution is -2.08. The maximum Gasteiger partial charge on any atom is 0.419 e. The van der Waals surface area contributed by atoms with E-state index < -0.39 is 0 Å². The van der Waals surface area contributed by atoms with Crippen LogP contribution in [-0.2, 0) is 13.6 Å². The van der Waals surface area contributed by atoms with Gasteiger partial charge in [-0.1, -0.05) is 13.8 Å². The van der Waals surface area contributed by atoms with Crippen molar-refractivity contribution in [1.29, 1.82) is 0 Å². The summed E-state index contributed by atoms with van der Waals surface area (Å²) in [6.45, 7) is 4.95. The summed E-state index contributed by atoms with van der Waals surface area (Å²) in [5, 5.41) is 6.56. The molecule has 0 spiro atoms. The molecular weight excluding hydrogens is 286 g/mol. The topological polar surface area (TPSA) is 60.1 Å². The minimum Gasteiger partial charge on any atom is -0.408 e. The van der Waals surface area contributed by atoms with Crippen molar-refractivity contribution in [2.45, 2.75) is 26.3 Å². The summed E-state index contributed by atoms with van der Waals surface area (Å²) in [4.78, 5) is 16.1. The summed E-state index contributed by atoms with van der Waals surface area (Å²) in [6.07, 6.45) is 0. The first-order valence-corrected chi connectivity index (χ1v) is 7.70. The van der Waals surface area contributed by atoms with Crippen LogP contribution < -0.4 is 11.1 Å². The minimum absolute atomic E-state index is 0.344. The highest BCUT2D eigenvalue weighted by molar-refractivity contribution is 7.09. The number of aromatic nitrogens is 2. The number of fused-ring (bicyclic) bond motifs is 1. The van der Waals surface area contributed by atoms with Crippen molar-refractivity contribution < 1.29 is 4.42 Å². The highest BCUT2D eigenvalue weighted by Gasteiger charge is 2.08. The Labute approximate surface area is 126 Å². The van der Waals surface area contributed by atoms with Gasteiger partial charge < -0.3 is 9.73 Å². The van der Waals surface area contributed by atoms with Crippen LogP contribution >= 0.6 is 11.3 Å². The first-order chi connectivity index (χ1) is 10.0. The zero-order valence-corrected chi connectivity index (χ0v) is 13.0. The number of benzene rings is 1. The van der Waals surface area contributed by atoms with Crippen molar-refractivity contribution in [3.63, 3.8) is 0 Å². The van der Waals surface area contributed by atoms with Crippen molar-refractivity contribution in [1.82, 2.24) is 9.55 Å². The number of nitrogens with zero attached hydrogens (tertiary/aromatic N) is 2. The van der Waals surface area contributed by atoms with E-state index in [4.69, 9.17) is 4.42 Å². The standard InChI is InChI=1S/C15H17N3O2S/c1-9(2)14-17-11(8-21-14)7-16-10-4-5-13-12(6-10)18(3)15(19)20-13/h4-6,8-9,16H,7H2,1-3H3. The fourth-order valence-corrected chi connectivity index (χ4v) is 2.93. The largest absolute Gasteiger partial charge is 0.419 e. The third-order valence-electron chi connectivity index (χ3n) is 3.33. The van der Waals surface area contributed by atoms with Crippen LogP contribution in [0.3, 0.4) is 0 Å². The fourth-order valence-electron chi connectivity index (χ4n) is 2.10. The number of aryl methyl sites for hydroxylation is 1. The van der Waals surface area contributed by atoms with Gasteiger partial charge in [0, 0.05) is 24.0 Å². The second-order valence-corrected chi connectivity index (χ2v) is 6.18. The normalized spacial score (nSPS) is 11.4. The average molecular weight is 303 g/mol. The zero-order chi connectivity index (χ0) is 15.0. The highest BCUT2D eigenvalue weighted by atomic mass is 32.1. The molecule has 3 rings (SSSR count). The first kappa shape index (κ1) is 13.9. The van der Waals surface area contributed by atoms with Crippen molar-refractivity contribution >= 4 is 28.1 Å². The summed E-state index contributed by atoms with van der Waals surface area (Å²) >= 11 is 1.69. The monoisotopic (exact) mass is 303 g/mol. The Morgan fingerprint density at radius 3 is 2.95 bits per heavy atom. The molecule has 2 heterocycles. The van der Waals surface area contributed by atoms with Crippen LogP contribution in [0, 0.1) is 0 Å². The molecule has 110 valence electrons. The smallest absolute Gasteiger partial charge is 0.408 e. The Balaban J connectivity index is 1.78. The lowest BCUT2D eigenvalue weighted by atomic mass is 10.2. The maximum atomic E-state index is 11.5. The van der Waals surface area contributed by atoms with Crippen molar-refractivity contribution in [3.05, 3.63) is 44.8 Å². The van der Waals surface area contributed by atoms with E-state index in [0.29, 0.717) is 18.0 Å². The molecule has 0 fully saturated rings. The molecule has 5 nitrogen and oxygen atoms in total. The Morgan fingerprint density at radius 2 is 2.24 bits per heavy atom. The minimum atomic E-state index is -0.344. The Hall–Kier alpha value is -2.08. The Bertz CT molecular complexity index is 829. The third kappa shape index (κ3) is 2.71. The highest BCUT2D eigenvalue weighted by Crippen LogP contribution is 2.21. The SMILES string of the molecule is CC(C)c1nc(CNc2ccc3oc(=O)n(C)c3c2)cs1. The summed E-state index contributed by atoms with van der Waals surface area (Å²) < 4.78 is 6.62. The number of oxazole rings is 1. The predicted molar refractivity (Wildman–Crippen MR) is 85.0 cm³/mol. The van der Waals surface area contributed by atoms with E-state index in [2.05, 4.69) is 29.5 Å². The average Bonchev–Trinajstić information content (AvgIpc) is 3.03. The predicted octanol–water partition coefficient (Wildman–Crippen LogP) is 3.32. The van der Waals surface area contributed by atoms with Crippen LogP contribution in [0.2, 0.25) is 0 Å². The van der Waals surface area contributed by atoms with Gasteiger partial charge in [-0.15, -0.1) is 11.3 Å². The molecule has 0 saturated heterocycles. The quantitative estimate of drug-likeness (QED) is 0.803. The second kappa shape index (κ2) is 5.37. The van der Waals surface area contributed by atoms with Gasteiger partial charge in [0.05, 0.1) is 22.8 Å². The molecule has 0 unspecified atom stereocenters. The molecule has 0 aliphatic rings. The lowest BCUT2D eigenvalue weighted by molar-refractivity contribution is 0.528. The van der Waals surface area contributed by atoms with Gasteiger partial charge >= 0.3 is 5.76 Å². The van der Waals surface area contributed by atoms with E-state index in [1.165, 1.54) is 4.57 Å². The third-order valence-corrected chi connectivity index (χ3v) is 4.52. The van der Waals surface area contributed by atoms with Gasteiger partial charge in [0.1, 0.15) is 0 Å². The van der Waals surface area contributed by atoms with Crippen LogP contribution in [0.15, 0.2) is 32.8 Å². The Kier molecular flexibility index (Phi) is 3.55. The van der Waals surface area contributed by atoms with Gasteiger partial charge in [0.2, 0.25) is 0 Å². The number of thiazole rings is 1. The Morgan fingerprint density at radius 1 is 1.43 bits per heavy atom. The van der Waals surface area contributed by atoms with E-state index in [1.54, 1.807) is 24.5 Å². The van der Waals surface area contributed by atoms with E-state index >= 15 is 0 Å². The van der Waals surface area contributed by atoms with Gasteiger partial charge in [0.15, 0.2) is 5.58 Å². The summed E-state index contributed by atoms with van der Waals surface area (Å²) in [6, 6.07) is 5.62. The van der Waals surface area contributed by atoms with Crippen molar-refractivity contribution in [2.75, 3.05) is 5.32 Å². The molecule has 0 aliphatic carbocycles. The first-order valence-electron chi connectivity index (χ1n) is 6.82. The number of nitrogens with one attached hydrogen (secondary N) is 1. The van der Waals surface area contributed by atoms with Crippen LogP contribution in [0.1, 0.15) is 30.5 Å². The number of rotatable bonds is 4. The molecule has 21 heavy (non-hydrogen) atoms. The molecule has 0 atom stereocenters. The van der Waals surface area contributed by atoms with Gasteiger partial charge in [-0.25, -0.2) is 9.78 Å². The van der Waals surface area contributed by atoms with Crippen LogP contribution in [-0.4, -0.2) is 9.55 Å². The number of anilines is 1. The maximum absolute atomic E-state index is 11.5. The van der Waals surface area contributed by atoms with E-state index in [9.17, 15) is 4.79 Å². The molecule has 0 aliphatic heterocycles. The summed E-state index contributed by atoms with van der Waals surface area (Å²) in [5.41, 5.74) is 3.36. The van der Waals surface area contributed by atoms with E-state index in [0.717, 1.165) is 21.9 Å². The molecule has 3 aromatic rings. The number of hydrogen-bond donors (Lipinski definition) is 1. The zero-order valence-electron chi connectivity index (χ0n) is 12.2. The molecule has 0 bridgehead atoms. The molecule has 0 saturated carbocycles. The van der Waals surface area contributed by atoms with Crippen LogP contribution in [0.25, 0.3) is 11.1 Å². The van der Waals surface area contributed by atoms with Gasteiger partial charge in [0.25, 0.3) is 0 Å². The van der Waals surface area contributed by atoms with Gasteiger partial charge in [-0.3, -0.25) is 4.57 Å². The van der Waals surface area contributed by atoms with Crippen molar-refractivity contribution in [2.24, 2.45) is 7.05 Å². The molecule has 2 aromatic heterocycles. The number of hydrogen-bond acceptors (Lipinski definition) is 5. The molecule has 1 N–H and O–H groups in total. The summed E-state index contributed by atoms with van der Waals surface area (Å²) in [5.74, 6) is 0.115. The second-order valence-electron chi connectivity index (χ2n) is 5.29. The molecule has 0 amide bonds. The van der Waals surface area contributed by atoms with Crippen LogP contribution in [0.4, 0.5) is 5.69 Å². The van der Waals surface area contributed by atoms with Crippen LogP contribution in [0.5, 0.6) is 0 Å². The molecular formula is C15H17N3O2S. The fraction of sp³-hybridized carbons (Fsp3) is 0.333. The van der Waals surface area contributed by atoms with E-state index in [-0.39, 0.29) is 5.76 Å². The molecule has 1 aromatic carbocycles. The lowest BCUT2D eigenvalue weighted by Gasteiger charge is -2.04. The van der Waals surface area contributed by atoms with E-state index in [1.807, 2.05) is 12.1 Å².